The van der Waals surface area contributed by atoms with Crippen molar-refractivity contribution in [1.29, 1.82) is 0 Å². The number of aliphatic hydroxyl groups is 1. The molecule has 0 saturated heterocycles. The molecule has 0 aliphatic carbocycles. The normalized spacial score (nSPS) is 12.2. The number of hydrogen-bond acceptors (Lipinski definition) is 2. The Morgan fingerprint density at radius 2 is 1.90 bits per heavy atom. The van der Waals surface area contributed by atoms with Gasteiger partial charge in [0.05, 0.1) is 6.61 Å². The van der Waals surface area contributed by atoms with Crippen LogP contribution in [0.1, 0.15) is 24.2 Å². The molecule has 0 spiro atoms. The minimum absolute atomic E-state index is 0.424. The second-order valence-electron chi connectivity index (χ2n) is 4.18. The molecule has 2 rings (SSSR count). The summed E-state index contributed by atoms with van der Waals surface area (Å²) in [4.78, 5) is 0. The maximum absolute atomic E-state index is 10.6. The third-order valence-corrected chi connectivity index (χ3v) is 3.88. The molecule has 1 N–H and O–H groups in total. The predicted molar refractivity (Wildman–Crippen MR) is 85.8 cm³/mol. The molecule has 0 bridgehead atoms. The summed E-state index contributed by atoms with van der Waals surface area (Å²) in [6.45, 7) is 2.42. The molecule has 0 fully saturated rings. The standard InChI is InChI=1S/C15H13BrCl2O2/c1-2-20-14-6-3-9(16)7-12(14)15(19)11-5-4-10(17)8-13(11)18/h3-8,15,19H,2H2,1H3. The SMILES string of the molecule is CCOc1ccc(Br)cc1C(O)c1ccc(Cl)cc1Cl. The van der Waals surface area contributed by atoms with E-state index in [1.54, 1.807) is 18.2 Å². The fourth-order valence-electron chi connectivity index (χ4n) is 1.91. The van der Waals surface area contributed by atoms with E-state index in [1.807, 2.05) is 25.1 Å². The number of rotatable bonds is 4. The Balaban J connectivity index is 2.46. The smallest absolute Gasteiger partial charge is 0.125 e. The first-order valence-corrected chi connectivity index (χ1v) is 7.63. The van der Waals surface area contributed by atoms with Crippen LogP contribution in [0, 0.1) is 0 Å². The molecule has 1 atom stereocenters. The van der Waals surface area contributed by atoms with Gasteiger partial charge >= 0.3 is 0 Å². The average Bonchev–Trinajstić information content (AvgIpc) is 2.40. The molecule has 0 amide bonds. The fraction of sp³-hybridized carbons (Fsp3) is 0.200. The Bertz CT molecular complexity index is 617. The second-order valence-corrected chi connectivity index (χ2v) is 5.94. The van der Waals surface area contributed by atoms with E-state index in [9.17, 15) is 5.11 Å². The molecule has 0 aromatic heterocycles. The highest BCUT2D eigenvalue weighted by Gasteiger charge is 2.19. The summed E-state index contributed by atoms with van der Waals surface area (Å²) in [6, 6.07) is 10.5. The van der Waals surface area contributed by atoms with E-state index in [0.29, 0.717) is 33.5 Å². The Kier molecular flexibility index (Phi) is 5.33. The van der Waals surface area contributed by atoms with E-state index in [2.05, 4.69) is 15.9 Å². The van der Waals surface area contributed by atoms with Gasteiger partial charge in [-0.15, -0.1) is 0 Å². The van der Waals surface area contributed by atoms with E-state index >= 15 is 0 Å². The van der Waals surface area contributed by atoms with Gasteiger partial charge in [0, 0.05) is 25.6 Å². The summed E-state index contributed by atoms with van der Waals surface area (Å²) in [7, 11) is 0. The lowest BCUT2D eigenvalue weighted by molar-refractivity contribution is 0.212. The largest absolute Gasteiger partial charge is 0.493 e. The zero-order valence-electron chi connectivity index (χ0n) is 10.7. The summed E-state index contributed by atoms with van der Waals surface area (Å²) in [6.07, 6.45) is -0.876. The first-order valence-electron chi connectivity index (χ1n) is 6.08. The lowest BCUT2D eigenvalue weighted by atomic mass is 10.0. The Morgan fingerprint density at radius 1 is 1.15 bits per heavy atom. The maximum Gasteiger partial charge on any atom is 0.125 e. The molecular weight excluding hydrogens is 363 g/mol. The lowest BCUT2D eigenvalue weighted by Crippen LogP contribution is -2.04. The van der Waals surface area contributed by atoms with Crippen LogP contribution < -0.4 is 4.74 Å². The van der Waals surface area contributed by atoms with E-state index in [0.717, 1.165) is 4.47 Å². The third-order valence-electron chi connectivity index (χ3n) is 2.82. The molecule has 106 valence electrons. The quantitative estimate of drug-likeness (QED) is 0.792. The van der Waals surface area contributed by atoms with Crippen LogP contribution in [0.3, 0.4) is 0 Å². The summed E-state index contributed by atoms with van der Waals surface area (Å²) in [5.41, 5.74) is 1.25. The van der Waals surface area contributed by atoms with Crippen molar-refractivity contribution in [3.63, 3.8) is 0 Å². The van der Waals surface area contributed by atoms with Gasteiger partial charge in [0.1, 0.15) is 11.9 Å². The molecule has 0 heterocycles. The highest BCUT2D eigenvalue weighted by molar-refractivity contribution is 9.10. The van der Waals surface area contributed by atoms with Crippen LogP contribution in [-0.4, -0.2) is 11.7 Å². The maximum atomic E-state index is 10.6. The van der Waals surface area contributed by atoms with E-state index in [4.69, 9.17) is 27.9 Å². The highest BCUT2D eigenvalue weighted by Crippen LogP contribution is 2.36. The Labute approximate surface area is 136 Å². The zero-order chi connectivity index (χ0) is 14.7. The molecule has 0 aliphatic heterocycles. The Morgan fingerprint density at radius 3 is 2.55 bits per heavy atom. The van der Waals surface area contributed by atoms with Crippen LogP contribution in [0.2, 0.25) is 10.0 Å². The predicted octanol–water partition coefficient (Wildman–Crippen LogP) is 5.24. The van der Waals surface area contributed by atoms with Crippen LogP contribution in [0.25, 0.3) is 0 Å². The number of ether oxygens (including phenoxy) is 1. The van der Waals surface area contributed by atoms with Gasteiger partial charge in [-0.3, -0.25) is 0 Å². The van der Waals surface area contributed by atoms with E-state index < -0.39 is 6.10 Å². The summed E-state index contributed by atoms with van der Waals surface area (Å²) >= 11 is 15.4. The molecular formula is C15H13BrCl2O2. The van der Waals surface area contributed by atoms with E-state index in [-0.39, 0.29) is 0 Å². The van der Waals surface area contributed by atoms with Crippen molar-refractivity contribution >= 4 is 39.1 Å². The average molecular weight is 376 g/mol. The van der Waals surface area contributed by atoms with Gasteiger partial charge in [0.2, 0.25) is 0 Å². The number of hydrogen-bond donors (Lipinski definition) is 1. The summed E-state index contributed by atoms with van der Waals surface area (Å²) in [5.74, 6) is 0.634. The summed E-state index contributed by atoms with van der Waals surface area (Å²) < 4.78 is 6.41. The molecule has 0 aliphatic rings. The van der Waals surface area contributed by atoms with Crippen molar-refractivity contribution < 1.29 is 9.84 Å². The molecule has 2 nitrogen and oxygen atoms in total. The molecule has 1 unspecified atom stereocenters. The monoisotopic (exact) mass is 374 g/mol. The van der Waals surface area contributed by atoms with Crippen LogP contribution in [0.5, 0.6) is 5.75 Å². The first kappa shape index (κ1) is 15.6. The highest BCUT2D eigenvalue weighted by atomic mass is 79.9. The molecule has 20 heavy (non-hydrogen) atoms. The number of halogens is 3. The van der Waals surface area contributed by atoms with Gasteiger partial charge in [0.15, 0.2) is 0 Å². The number of aliphatic hydroxyl groups excluding tert-OH is 1. The zero-order valence-corrected chi connectivity index (χ0v) is 13.8. The van der Waals surface area contributed by atoms with Gasteiger partial charge < -0.3 is 9.84 Å². The second kappa shape index (κ2) is 6.81. The minimum atomic E-state index is -0.876. The molecule has 0 radical (unpaired) electrons. The minimum Gasteiger partial charge on any atom is -0.493 e. The topological polar surface area (TPSA) is 29.5 Å². The molecule has 2 aromatic rings. The van der Waals surface area contributed by atoms with Crippen molar-refractivity contribution in [2.75, 3.05) is 6.61 Å². The number of benzene rings is 2. The molecule has 5 heteroatoms. The van der Waals surface area contributed by atoms with Gasteiger partial charge in [0.25, 0.3) is 0 Å². The van der Waals surface area contributed by atoms with Gasteiger partial charge in [-0.2, -0.15) is 0 Å². The van der Waals surface area contributed by atoms with Crippen LogP contribution in [0.15, 0.2) is 40.9 Å². The molecule has 0 saturated carbocycles. The summed E-state index contributed by atoms with van der Waals surface area (Å²) in [5, 5.41) is 11.5. The lowest BCUT2D eigenvalue weighted by Gasteiger charge is -2.17. The van der Waals surface area contributed by atoms with Crippen molar-refractivity contribution in [2.24, 2.45) is 0 Å². The molecule has 2 aromatic carbocycles. The van der Waals surface area contributed by atoms with E-state index in [1.165, 1.54) is 0 Å². The van der Waals surface area contributed by atoms with Crippen LogP contribution in [0.4, 0.5) is 0 Å². The fourth-order valence-corrected chi connectivity index (χ4v) is 2.80. The van der Waals surface area contributed by atoms with Crippen molar-refractivity contribution in [1.82, 2.24) is 0 Å². The third kappa shape index (κ3) is 3.47. The van der Waals surface area contributed by atoms with Gasteiger partial charge in [-0.1, -0.05) is 45.2 Å². The van der Waals surface area contributed by atoms with Crippen LogP contribution >= 0.6 is 39.1 Å². The Hall–Kier alpha value is -0.740. The van der Waals surface area contributed by atoms with Crippen molar-refractivity contribution in [2.45, 2.75) is 13.0 Å². The van der Waals surface area contributed by atoms with Gasteiger partial charge in [-0.05, 0) is 37.3 Å². The van der Waals surface area contributed by atoms with Crippen LogP contribution in [-0.2, 0) is 0 Å². The van der Waals surface area contributed by atoms with Crippen molar-refractivity contribution in [3.8, 4) is 5.75 Å². The first-order chi connectivity index (χ1) is 9.52. The van der Waals surface area contributed by atoms with Gasteiger partial charge in [-0.25, -0.2) is 0 Å². The van der Waals surface area contributed by atoms with Crippen molar-refractivity contribution in [3.05, 3.63) is 62.0 Å².